The van der Waals surface area contributed by atoms with Crippen LogP contribution in [0.2, 0.25) is 0 Å². The van der Waals surface area contributed by atoms with Crippen LogP contribution in [0.1, 0.15) is 42.7 Å². The largest absolute Gasteiger partial charge is 0.316 e. The fourth-order valence-corrected chi connectivity index (χ4v) is 3.06. The molecule has 0 heterocycles. The van der Waals surface area contributed by atoms with Gasteiger partial charge in [0, 0.05) is 12.5 Å². The molecule has 1 N–H and O–H groups in total. The summed E-state index contributed by atoms with van der Waals surface area (Å²) < 4.78 is 1.31. The molecule has 0 saturated carbocycles. The van der Waals surface area contributed by atoms with Crippen LogP contribution >= 0.6 is 22.6 Å². The molecule has 2 rings (SSSR count). The Morgan fingerprint density at radius 3 is 2.76 bits per heavy atom. The Bertz CT molecular complexity index is 337. The third-order valence-electron chi connectivity index (χ3n) is 3.59. The number of unbranched alkanes of at least 4 members (excludes halogenated alkanes) is 3. The highest BCUT2D eigenvalue weighted by Crippen LogP contribution is 2.33. The zero-order chi connectivity index (χ0) is 11.9. The van der Waals surface area contributed by atoms with Gasteiger partial charge in [-0.05, 0) is 41.4 Å². The van der Waals surface area contributed by atoms with Crippen LogP contribution in [0.15, 0.2) is 24.3 Å². The quantitative estimate of drug-likeness (QED) is 0.429. The van der Waals surface area contributed by atoms with E-state index in [9.17, 15) is 0 Å². The van der Waals surface area contributed by atoms with Crippen LogP contribution in [0.5, 0.6) is 0 Å². The van der Waals surface area contributed by atoms with Crippen molar-refractivity contribution in [3.8, 4) is 0 Å². The highest BCUT2D eigenvalue weighted by atomic mass is 127. The minimum Gasteiger partial charge on any atom is -0.316 e. The van der Waals surface area contributed by atoms with Crippen molar-refractivity contribution in [3.63, 3.8) is 0 Å². The van der Waals surface area contributed by atoms with Gasteiger partial charge >= 0.3 is 0 Å². The molecule has 1 unspecified atom stereocenters. The van der Waals surface area contributed by atoms with Crippen molar-refractivity contribution in [2.75, 3.05) is 17.5 Å². The zero-order valence-electron chi connectivity index (χ0n) is 10.4. The van der Waals surface area contributed by atoms with E-state index in [2.05, 4.69) is 52.2 Å². The number of rotatable bonds is 8. The summed E-state index contributed by atoms with van der Waals surface area (Å²) in [5.41, 5.74) is 3.13. The molecular formula is C15H22IN. The number of hydrogen-bond donors (Lipinski definition) is 1. The lowest BCUT2D eigenvalue weighted by Gasteiger charge is -2.30. The molecule has 0 aromatic heterocycles. The maximum absolute atomic E-state index is 3.60. The fraction of sp³-hybridized carbons (Fsp3) is 0.600. The molecular weight excluding hydrogens is 321 g/mol. The molecule has 2 heteroatoms. The van der Waals surface area contributed by atoms with E-state index in [1.165, 1.54) is 49.6 Å². The van der Waals surface area contributed by atoms with Gasteiger partial charge in [-0.25, -0.2) is 0 Å². The van der Waals surface area contributed by atoms with Crippen LogP contribution in [0.25, 0.3) is 0 Å². The molecule has 0 bridgehead atoms. The van der Waals surface area contributed by atoms with E-state index in [0.29, 0.717) is 0 Å². The molecule has 1 aromatic carbocycles. The van der Waals surface area contributed by atoms with E-state index in [-0.39, 0.29) is 0 Å². The Morgan fingerprint density at radius 2 is 1.94 bits per heavy atom. The smallest absolute Gasteiger partial charge is 0.00234 e. The molecule has 1 nitrogen and oxygen atoms in total. The average molecular weight is 343 g/mol. The lowest BCUT2D eigenvalue weighted by atomic mass is 9.77. The van der Waals surface area contributed by atoms with Crippen LogP contribution in [0, 0.1) is 0 Å². The van der Waals surface area contributed by atoms with Gasteiger partial charge in [-0.15, -0.1) is 0 Å². The van der Waals surface area contributed by atoms with Gasteiger partial charge in [0.05, 0.1) is 0 Å². The first-order chi connectivity index (χ1) is 8.42. The molecule has 1 aliphatic carbocycles. The summed E-state index contributed by atoms with van der Waals surface area (Å²) in [5.74, 6) is 0.778. The van der Waals surface area contributed by atoms with Crippen LogP contribution in [-0.2, 0) is 6.42 Å². The van der Waals surface area contributed by atoms with Crippen LogP contribution in [0.3, 0.4) is 0 Å². The van der Waals surface area contributed by atoms with Gasteiger partial charge in [0.2, 0.25) is 0 Å². The number of nitrogens with one attached hydrogen (secondary N) is 1. The Labute approximate surface area is 119 Å². The van der Waals surface area contributed by atoms with Gasteiger partial charge in [-0.1, -0.05) is 59.7 Å². The number of hydrogen-bond acceptors (Lipinski definition) is 1. The first-order valence-corrected chi connectivity index (χ1v) is 8.29. The van der Waals surface area contributed by atoms with Gasteiger partial charge < -0.3 is 5.32 Å². The molecule has 0 aliphatic heterocycles. The molecule has 1 aromatic rings. The van der Waals surface area contributed by atoms with Crippen molar-refractivity contribution in [1.29, 1.82) is 0 Å². The molecule has 0 spiro atoms. The summed E-state index contributed by atoms with van der Waals surface area (Å²) in [5, 5.41) is 3.60. The summed E-state index contributed by atoms with van der Waals surface area (Å²) >= 11 is 2.46. The third kappa shape index (κ3) is 3.95. The predicted molar refractivity (Wildman–Crippen MR) is 83.1 cm³/mol. The summed E-state index contributed by atoms with van der Waals surface area (Å²) in [7, 11) is 0. The molecule has 1 atom stereocenters. The molecule has 17 heavy (non-hydrogen) atoms. The second kappa shape index (κ2) is 7.37. The molecule has 94 valence electrons. The first-order valence-electron chi connectivity index (χ1n) is 6.76. The zero-order valence-corrected chi connectivity index (χ0v) is 12.6. The van der Waals surface area contributed by atoms with Gasteiger partial charge in [0.15, 0.2) is 0 Å². The first kappa shape index (κ1) is 13.3. The topological polar surface area (TPSA) is 12.0 Å². The highest BCUT2D eigenvalue weighted by Gasteiger charge is 2.24. The summed E-state index contributed by atoms with van der Waals surface area (Å²) in [6, 6.07) is 8.85. The minimum absolute atomic E-state index is 0.778. The van der Waals surface area contributed by atoms with Crippen molar-refractivity contribution >= 4 is 22.6 Å². The number of halogens is 1. The Morgan fingerprint density at radius 1 is 1.12 bits per heavy atom. The van der Waals surface area contributed by atoms with E-state index in [4.69, 9.17) is 0 Å². The molecule has 0 radical (unpaired) electrons. The Hall–Kier alpha value is -0.0900. The van der Waals surface area contributed by atoms with E-state index in [0.717, 1.165) is 5.92 Å². The predicted octanol–water partition coefficient (Wildman–Crippen LogP) is 3.91. The molecule has 0 saturated heterocycles. The monoisotopic (exact) mass is 343 g/mol. The maximum atomic E-state index is 3.60. The van der Waals surface area contributed by atoms with E-state index >= 15 is 0 Å². The average Bonchev–Trinajstić information content (AvgIpc) is 2.33. The van der Waals surface area contributed by atoms with E-state index in [1.54, 1.807) is 11.1 Å². The molecule has 0 fully saturated rings. The van der Waals surface area contributed by atoms with Crippen LogP contribution < -0.4 is 5.32 Å². The SMILES string of the molecule is ICCCCCCNCC1Cc2ccccc21. The second-order valence-corrected chi connectivity index (χ2v) is 5.99. The Kier molecular flexibility index (Phi) is 5.78. The van der Waals surface area contributed by atoms with E-state index in [1.807, 2.05) is 0 Å². The van der Waals surface area contributed by atoms with Crippen molar-refractivity contribution < 1.29 is 0 Å². The lowest BCUT2D eigenvalue weighted by Crippen LogP contribution is -2.29. The molecule has 1 aliphatic rings. The fourth-order valence-electron chi connectivity index (χ4n) is 2.52. The van der Waals surface area contributed by atoms with Crippen LogP contribution in [0.4, 0.5) is 0 Å². The second-order valence-electron chi connectivity index (χ2n) is 4.91. The van der Waals surface area contributed by atoms with Gasteiger partial charge in [-0.3, -0.25) is 0 Å². The third-order valence-corrected chi connectivity index (χ3v) is 4.35. The normalized spacial score (nSPS) is 17.6. The van der Waals surface area contributed by atoms with Crippen molar-refractivity contribution in [3.05, 3.63) is 35.4 Å². The van der Waals surface area contributed by atoms with E-state index < -0.39 is 0 Å². The van der Waals surface area contributed by atoms with Gasteiger partial charge in [-0.2, -0.15) is 0 Å². The number of alkyl halides is 1. The summed E-state index contributed by atoms with van der Waals surface area (Å²) in [4.78, 5) is 0. The summed E-state index contributed by atoms with van der Waals surface area (Å²) in [6.07, 6.45) is 6.79. The van der Waals surface area contributed by atoms with Gasteiger partial charge in [0.25, 0.3) is 0 Å². The summed E-state index contributed by atoms with van der Waals surface area (Å²) in [6.45, 7) is 2.36. The van der Waals surface area contributed by atoms with Crippen molar-refractivity contribution in [2.45, 2.75) is 38.0 Å². The molecule has 0 amide bonds. The van der Waals surface area contributed by atoms with Crippen molar-refractivity contribution in [2.24, 2.45) is 0 Å². The van der Waals surface area contributed by atoms with Crippen LogP contribution in [-0.4, -0.2) is 17.5 Å². The Balaban J connectivity index is 1.53. The number of fused-ring (bicyclic) bond motifs is 1. The number of benzene rings is 1. The van der Waals surface area contributed by atoms with Crippen molar-refractivity contribution in [1.82, 2.24) is 5.32 Å². The lowest BCUT2D eigenvalue weighted by molar-refractivity contribution is 0.519. The minimum atomic E-state index is 0.778. The maximum Gasteiger partial charge on any atom is 0.00234 e. The van der Waals surface area contributed by atoms with Gasteiger partial charge in [0.1, 0.15) is 0 Å². The highest BCUT2D eigenvalue weighted by molar-refractivity contribution is 14.1. The standard InChI is InChI=1S/C15H22IN/c16-9-5-1-2-6-10-17-12-14-11-13-7-3-4-8-15(13)14/h3-4,7-8,14,17H,1-2,5-6,9-12H2.